The molecule has 33 heavy (non-hydrogen) atoms. The van der Waals surface area contributed by atoms with Gasteiger partial charge >= 0.3 is 5.97 Å². The van der Waals surface area contributed by atoms with Crippen LogP contribution in [0.4, 0.5) is 0 Å². The molecule has 0 amide bonds. The van der Waals surface area contributed by atoms with E-state index in [1.165, 1.54) is 19.2 Å². The number of halogens is 1. The number of fused-ring (bicyclic) bond motifs is 1. The second-order valence-corrected chi connectivity index (χ2v) is 7.57. The first-order chi connectivity index (χ1) is 15.9. The topological polar surface area (TPSA) is 101 Å². The lowest BCUT2D eigenvalue weighted by molar-refractivity contribution is -0.134. The number of hydrogen-bond acceptors (Lipinski definition) is 8. The summed E-state index contributed by atoms with van der Waals surface area (Å²) < 4.78 is 26.9. The molecule has 0 atom stereocenters. The van der Waals surface area contributed by atoms with E-state index in [0.717, 1.165) is 0 Å². The number of aryl methyl sites for hydroxylation is 2. The highest BCUT2D eigenvalue weighted by molar-refractivity contribution is 6.29. The zero-order chi connectivity index (χ0) is 23.5. The van der Waals surface area contributed by atoms with E-state index in [2.05, 4.69) is 5.16 Å². The molecule has 4 aromatic rings. The lowest BCUT2D eigenvalue weighted by atomic mass is 10.0. The Hall–Kier alpha value is -3.78. The van der Waals surface area contributed by atoms with Crippen molar-refractivity contribution >= 4 is 28.5 Å². The number of carbonyl (C=O) groups excluding carboxylic acids is 1. The fourth-order valence-electron chi connectivity index (χ4n) is 3.49. The molecule has 0 N–H and O–H groups in total. The molecule has 170 valence electrons. The van der Waals surface area contributed by atoms with Gasteiger partial charge in [0.15, 0.2) is 16.7 Å². The van der Waals surface area contributed by atoms with Crippen LogP contribution < -0.4 is 19.6 Å². The van der Waals surface area contributed by atoms with Crippen molar-refractivity contribution in [2.45, 2.75) is 19.8 Å². The normalized spacial score (nSPS) is 10.9. The van der Waals surface area contributed by atoms with Crippen molar-refractivity contribution in [3.05, 3.63) is 69.4 Å². The molecule has 0 fully saturated rings. The van der Waals surface area contributed by atoms with E-state index in [1.54, 1.807) is 44.4 Å². The largest absolute Gasteiger partial charge is 0.493 e. The average molecular weight is 470 g/mol. The average Bonchev–Trinajstić information content (AvgIpc) is 3.22. The SMILES string of the molecule is COc1ccc(-c2c(C)oc3cc(OC(=O)CCc4cc(Cl)no4)ccc3c2=O)cc1OC. The van der Waals surface area contributed by atoms with Crippen LogP contribution in [0, 0.1) is 6.92 Å². The molecule has 0 saturated heterocycles. The molecule has 2 heterocycles. The minimum Gasteiger partial charge on any atom is -0.493 e. The van der Waals surface area contributed by atoms with Crippen LogP contribution in [0.15, 0.2) is 56.2 Å². The molecule has 0 saturated carbocycles. The van der Waals surface area contributed by atoms with Crippen molar-refractivity contribution in [1.29, 1.82) is 0 Å². The fraction of sp³-hybridized carbons (Fsp3) is 0.208. The van der Waals surface area contributed by atoms with E-state index in [0.29, 0.717) is 51.5 Å². The molecule has 4 rings (SSSR count). The number of methoxy groups -OCH3 is 2. The van der Waals surface area contributed by atoms with Gasteiger partial charge in [0.1, 0.15) is 22.9 Å². The summed E-state index contributed by atoms with van der Waals surface area (Å²) in [5, 5.41) is 4.15. The van der Waals surface area contributed by atoms with E-state index in [-0.39, 0.29) is 22.8 Å². The maximum Gasteiger partial charge on any atom is 0.311 e. The second-order valence-electron chi connectivity index (χ2n) is 7.18. The molecule has 0 aliphatic heterocycles. The summed E-state index contributed by atoms with van der Waals surface area (Å²) in [4.78, 5) is 25.4. The van der Waals surface area contributed by atoms with Crippen molar-refractivity contribution in [2.75, 3.05) is 14.2 Å². The molecule has 0 radical (unpaired) electrons. The van der Waals surface area contributed by atoms with Crippen LogP contribution in [0.3, 0.4) is 0 Å². The number of ether oxygens (including phenoxy) is 3. The number of rotatable bonds is 7. The van der Waals surface area contributed by atoms with Crippen molar-refractivity contribution in [3.8, 4) is 28.4 Å². The number of nitrogens with zero attached hydrogens (tertiary/aromatic N) is 1. The van der Waals surface area contributed by atoms with E-state index in [4.69, 9.17) is 34.8 Å². The van der Waals surface area contributed by atoms with Gasteiger partial charge in [-0.2, -0.15) is 0 Å². The number of benzene rings is 2. The monoisotopic (exact) mass is 469 g/mol. The summed E-state index contributed by atoms with van der Waals surface area (Å²) in [6.07, 6.45) is 0.375. The van der Waals surface area contributed by atoms with Crippen molar-refractivity contribution in [2.24, 2.45) is 0 Å². The van der Waals surface area contributed by atoms with Gasteiger partial charge in [0.05, 0.1) is 31.6 Å². The first-order valence-corrected chi connectivity index (χ1v) is 10.4. The van der Waals surface area contributed by atoms with Crippen LogP contribution in [0.25, 0.3) is 22.1 Å². The third-order valence-corrected chi connectivity index (χ3v) is 5.23. The zero-order valence-electron chi connectivity index (χ0n) is 18.1. The van der Waals surface area contributed by atoms with E-state index >= 15 is 0 Å². The molecule has 0 spiro atoms. The van der Waals surface area contributed by atoms with Gasteiger partial charge in [0, 0.05) is 18.6 Å². The minimum absolute atomic E-state index is 0.0742. The van der Waals surface area contributed by atoms with Gasteiger partial charge in [-0.15, -0.1) is 0 Å². The highest BCUT2D eigenvalue weighted by Gasteiger charge is 2.17. The Morgan fingerprint density at radius 3 is 2.55 bits per heavy atom. The molecule has 2 aromatic heterocycles. The predicted octanol–water partition coefficient (Wildman–Crippen LogP) is 4.97. The number of esters is 1. The quantitative estimate of drug-likeness (QED) is 0.276. The van der Waals surface area contributed by atoms with Crippen molar-refractivity contribution in [1.82, 2.24) is 5.16 Å². The Balaban J connectivity index is 1.59. The van der Waals surface area contributed by atoms with Gasteiger partial charge in [0.25, 0.3) is 0 Å². The van der Waals surface area contributed by atoms with Crippen molar-refractivity contribution < 1.29 is 27.9 Å². The fourth-order valence-corrected chi connectivity index (χ4v) is 3.64. The van der Waals surface area contributed by atoms with Gasteiger partial charge in [-0.25, -0.2) is 0 Å². The molecule has 8 nitrogen and oxygen atoms in total. The third kappa shape index (κ3) is 4.70. The summed E-state index contributed by atoms with van der Waals surface area (Å²) >= 11 is 5.70. The highest BCUT2D eigenvalue weighted by atomic mass is 35.5. The maximum absolute atomic E-state index is 13.2. The molecule has 0 bridgehead atoms. The molecule has 0 aliphatic rings. The van der Waals surface area contributed by atoms with Crippen LogP contribution in [0.1, 0.15) is 17.9 Å². The number of hydrogen-bond donors (Lipinski definition) is 0. The molecular weight excluding hydrogens is 450 g/mol. The van der Waals surface area contributed by atoms with E-state index in [9.17, 15) is 9.59 Å². The smallest absolute Gasteiger partial charge is 0.311 e. The van der Waals surface area contributed by atoms with Crippen LogP contribution in [-0.4, -0.2) is 25.3 Å². The standard InChI is InChI=1S/C24H20ClNO7/c1-13-23(14-4-8-18(29-2)20(10-14)30-3)24(28)17-7-5-15(11-19(17)31-13)32-22(27)9-6-16-12-21(25)26-33-16/h4-5,7-8,10-12H,6,9H2,1-3H3. The Labute approximate surface area is 193 Å². The summed E-state index contributed by atoms with van der Waals surface area (Å²) in [7, 11) is 3.07. The van der Waals surface area contributed by atoms with E-state index in [1.807, 2.05) is 0 Å². The molecule has 2 aromatic carbocycles. The van der Waals surface area contributed by atoms with Crippen LogP contribution in [-0.2, 0) is 11.2 Å². The maximum atomic E-state index is 13.2. The summed E-state index contributed by atoms with van der Waals surface area (Å²) in [5.41, 5.74) is 1.16. The summed E-state index contributed by atoms with van der Waals surface area (Å²) in [6, 6.07) is 11.4. The number of carbonyl (C=O) groups is 1. The highest BCUT2D eigenvalue weighted by Crippen LogP contribution is 2.33. The third-order valence-electron chi connectivity index (χ3n) is 5.05. The number of aromatic nitrogens is 1. The van der Waals surface area contributed by atoms with E-state index < -0.39 is 5.97 Å². The lowest BCUT2D eigenvalue weighted by Crippen LogP contribution is -2.10. The Morgan fingerprint density at radius 1 is 1.06 bits per heavy atom. The van der Waals surface area contributed by atoms with Crippen LogP contribution >= 0.6 is 11.6 Å². The van der Waals surface area contributed by atoms with Gasteiger partial charge in [-0.3, -0.25) is 9.59 Å². The lowest BCUT2D eigenvalue weighted by Gasteiger charge is -2.12. The Bertz CT molecular complexity index is 1390. The Morgan fingerprint density at radius 2 is 1.85 bits per heavy atom. The van der Waals surface area contributed by atoms with Gasteiger partial charge < -0.3 is 23.2 Å². The summed E-state index contributed by atoms with van der Waals surface area (Å²) in [5.74, 6) is 1.77. The van der Waals surface area contributed by atoms with Crippen LogP contribution in [0.5, 0.6) is 17.2 Å². The first kappa shape index (κ1) is 22.4. The first-order valence-electron chi connectivity index (χ1n) is 10.0. The molecule has 0 aliphatic carbocycles. The molecule has 9 heteroatoms. The van der Waals surface area contributed by atoms with Gasteiger partial charge in [0.2, 0.25) is 5.43 Å². The summed E-state index contributed by atoms with van der Waals surface area (Å²) in [6.45, 7) is 1.70. The van der Waals surface area contributed by atoms with Crippen LogP contribution in [0.2, 0.25) is 5.15 Å². The van der Waals surface area contributed by atoms with Crippen molar-refractivity contribution in [3.63, 3.8) is 0 Å². The molecule has 0 unspecified atom stereocenters. The van der Waals surface area contributed by atoms with Gasteiger partial charge in [-0.1, -0.05) is 22.8 Å². The predicted molar refractivity (Wildman–Crippen MR) is 121 cm³/mol. The molecular formula is C24H20ClNO7. The van der Waals surface area contributed by atoms with Gasteiger partial charge in [-0.05, 0) is 36.8 Å². The Kier molecular flexibility index (Phi) is 6.37. The second kappa shape index (κ2) is 9.38. The minimum atomic E-state index is -0.470. The zero-order valence-corrected chi connectivity index (χ0v) is 18.9.